The molecule has 8 heterocycles. The second kappa shape index (κ2) is 31.6. The monoisotopic (exact) mass is 1380 g/mol. The molecule has 2 aliphatic carbocycles. The lowest BCUT2D eigenvalue weighted by Crippen LogP contribution is -2.43. The molecule has 94 heavy (non-hydrogen) atoms. The fourth-order valence-corrected chi connectivity index (χ4v) is 19.3. The summed E-state index contributed by atoms with van der Waals surface area (Å²) in [5.41, 5.74) is 2.10. The highest BCUT2D eigenvalue weighted by Gasteiger charge is 2.70. The molecule has 13 rings (SSSR count). The first-order valence-electron chi connectivity index (χ1n) is 32.4. The van der Waals surface area contributed by atoms with E-state index in [9.17, 15) is 55.1 Å². The Bertz CT molecular complexity index is 2860. The molecule has 0 amide bonds. The van der Waals surface area contributed by atoms with Gasteiger partial charge in [-0.2, -0.15) is 26.3 Å². The lowest BCUT2D eigenvalue weighted by molar-refractivity contribution is -0.224. The fraction of sp³-hybridized carbons (Fsp3) is 0.657. The van der Waals surface area contributed by atoms with Crippen molar-refractivity contribution in [1.29, 1.82) is 0 Å². The minimum atomic E-state index is -3.57. The van der Waals surface area contributed by atoms with E-state index < -0.39 is 78.3 Å². The molecule has 11 atom stereocenters. The van der Waals surface area contributed by atoms with E-state index in [4.69, 9.17) is 42.6 Å². The summed E-state index contributed by atoms with van der Waals surface area (Å²) in [6, 6.07) is 29.0. The van der Waals surface area contributed by atoms with Gasteiger partial charge in [0.2, 0.25) is 17.3 Å². The summed E-state index contributed by atoms with van der Waals surface area (Å²) in [4.78, 5) is 69.0. The lowest BCUT2D eigenvalue weighted by Gasteiger charge is -2.30. The van der Waals surface area contributed by atoms with Gasteiger partial charge in [0.15, 0.2) is 41.5 Å². The number of ketones is 3. The number of ether oxygens (including phenoxy) is 9. The third-order valence-electron chi connectivity index (χ3n) is 17.7. The van der Waals surface area contributed by atoms with Gasteiger partial charge in [0, 0.05) is 42.9 Å². The van der Waals surface area contributed by atoms with Crippen molar-refractivity contribution in [2.75, 3.05) is 58.4 Å². The van der Waals surface area contributed by atoms with Crippen LogP contribution in [-0.4, -0.2) is 184 Å². The fourth-order valence-electron chi connectivity index (χ4n) is 12.5. The maximum atomic E-state index is 13.0. The van der Waals surface area contributed by atoms with E-state index in [1.54, 1.807) is 13.8 Å². The Labute approximate surface area is 557 Å². The van der Waals surface area contributed by atoms with Crippen LogP contribution >= 0.6 is 0 Å². The van der Waals surface area contributed by atoms with E-state index in [2.05, 4.69) is 13.8 Å². The summed E-state index contributed by atoms with van der Waals surface area (Å²) in [7, 11) is 1.18. The molecule has 0 bridgehead atoms. The number of rotatable bonds is 16. The minimum Gasteiger partial charge on any atom is -0.455 e. The van der Waals surface area contributed by atoms with Crippen LogP contribution in [0.1, 0.15) is 158 Å². The smallest absolute Gasteiger partial charge is 0.377 e. The number of hydrogen-bond acceptors (Lipinski definition) is 15. The molecule has 15 nitrogen and oxygen atoms in total. The summed E-state index contributed by atoms with van der Waals surface area (Å²) < 4.78 is 124. The van der Waals surface area contributed by atoms with Gasteiger partial charge in [-0.1, -0.05) is 119 Å². The summed E-state index contributed by atoms with van der Waals surface area (Å²) in [5.74, 6) is -4.87. The van der Waals surface area contributed by atoms with Crippen molar-refractivity contribution in [1.82, 2.24) is 0 Å². The molecule has 8 saturated heterocycles. The van der Waals surface area contributed by atoms with Crippen LogP contribution in [0, 0.1) is 10.8 Å². The molecule has 3 aromatic carbocycles. The van der Waals surface area contributed by atoms with Crippen LogP contribution < -0.4 is 0 Å². The standard InChI is InChI=1S/C12H16F2O6.3C12H15OS.2C11H16F2O3/c1-11(2)19-8-7(18-10(15)12(3,13)14)6(5-4-16-5)17-9(8)20-11;3*13-12(10-14-8-4-5-9-14)11-6-2-1-3-7-11;1-9(2)5-10(3)7(16-10)6(9)15-8(14)11(4,12)13;1-10(2)5-4-6(7-8(10)16-7)15-9(14)11(3,12)13/h5-9H,4H2,1-3H3;3*1-3,6-7H,4-5,8-10H2;6-7H,5H2,1-4H3;6-8H,4-5H2,1-3H3/q;3*+1;;. The summed E-state index contributed by atoms with van der Waals surface area (Å²) >= 11 is 0. The van der Waals surface area contributed by atoms with Crippen LogP contribution in [0.4, 0.5) is 26.3 Å². The van der Waals surface area contributed by atoms with Crippen LogP contribution in [0.3, 0.4) is 0 Å². The zero-order chi connectivity index (χ0) is 68.6. The van der Waals surface area contributed by atoms with Crippen LogP contribution in [0.15, 0.2) is 91.0 Å². The van der Waals surface area contributed by atoms with Crippen molar-refractivity contribution in [3.05, 3.63) is 108 Å². The topological polar surface area (TPSA) is 195 Å². The van der Waals surface area contributed by atoms with Gasteiger partial charge in [-0.3, -0.25) is 14.4 Å². The first kappa shape index (κ1) is 75.2. The largest absolute Gasteiger partial charge is 0.455 e. The number of hydrogen-bond donors (Lipinski definition) is 0. The third-order valence-corrected chi connectivity index (χ3v) is 24.9. The van der Waals surface area contributed by atoms with Crippen molar-refractivity contribution >= 4 is 67.9 Å². The van der Waals surface area contributed by atoms with Gasteiger partial charge in [0.05, 0.1) is 18.3 Å². The Hall–Kier alpha value is -4.53. The van der Waals surface area contributed by atoms with Gasteiger partial charge < -0.3 is 42.6 Å². The van der Waals surface area contributed by atoms with Gasteiger partial charge in [-0.15, -0.1) is 0 Å². The zero-order valence-corrected chi connectivity index (χ0v) is 57.9. The molecule has 11 unspecified atom stereocenters. The van der Waals surface area contributed by atoms with E-state index in [1.165, 1.54) is 73.0 Å². The van der Waals surface area contributed by atoms with Crippen molar-refractivity contribution in [3.8, 4) is 0 Å². The molecule has 8 aliphatic heterocycles. The minimum absolute atomic E-state index is 0.0459. The molecular formula is C70H93F6O15S3+3. The molecule has 520 valence electrons. The zero-order valence-electron chi connectivity index (χ0n) is 55.5. The molecule has 10 aliphatic rings. The third kappa shape index (κ3) is 21.5. The second-order valence-corrected chi connectivity index (χ2v) is 34.8. The molecule has 3 aromatic rings. The van der Waals surface area contributed by atoms with Crippen molar-refractivity contribution in [2.45, 2.75) is 217 Å². The predicted octanol–water partition coefficient (Wildman–Crippen LogP) is 12.0. The summed E-state index contributed by atoms with van der Waals surface area (Å²) in [6.07, 6.45) is 5.27. The quantitative estimate of drug-likeness (QED) is 0.0328. The molecule has 2 saturated carbocycles. The number of esters is 3. The maximum absolute atomic E-state index is 13.0. The predicted molar refractivity (Wildman–Crippen MR) is 349 cm³/mol. The van der Waals surface area contributed by atoms with Crippen molar-refractivity contribution < 1.29 is 97.7 Å². The lowest BCUT2D eigenvalue weighted by atomic mass is 9.76. The Kier molecular flexibility index (Phi) is 25.3. The number of halogens is 6. The first-order chi connectivity index (χ1) is 44.0. The van der Waals surface area contributed by atoms with E-state index in [0.29, 0.717) is 83.8 Å². The van der Waals surface area contributed by atoms with Gasteiger partial charge in [-0.05, 0) is 117 Å². The normalized spacial score (nSPS) is 29.7. The van der Waals surface area contributed by atoms with Crippen LogP contribution in [0.2, 0.25) is 0 Å². The number of Topliss-reactive ketones (excluding diaryl/α,β-unsaturated/α-hetero) is 3. The average molecular weight is 1380 g/mol. The number of epoxide rings is 3. The van der Waals surface area contributed by atoms with E-state index in [0.717, 1.165) is 46.8 Å². The Morgan fingerprint density at radius 2 is 0.883 bits per heavy atom. The second-order valence-electron chi connectivity index (χ2n) is 27.8. The van der Waals surface area contributed by atoms with Crippen LogP contribution in [0.25, 0.3) is 0 Å². The van der Waals surface area contributed by atoms with Crippen LogP contribution in [-0.2, 0) is 89.7 Å². The van der Waals surface area contributed by atoms with Gasteiger partial charge in [0.1, 0.15) is 71.1 Å². The maximum Gasteiger partial charge on any atom is 0.377 e. The Morgan fingerprint density at radius 1 is 0.489 bits per heavy atom. The molecular weight excluding hydrogens is 1290 g/mol. The van der Waals surface area contributed by atoms with Crippen molar-refractivity contribution in [3.63, 3.8) is 0 Å². The van der Waals surface area contributed by atoms with Crippen LogP contribution in [0.5, 0.6) is 0 Å². The number of alkyl halides is 6. The molecule has 0 spiro atoms. The number of benzene rings is 3. The SMILES string of the molecule is CC(F)(F)C(=O)OC1C2OC2(C)CC1(C)C.CC(F)(F)C(=O)OC1CCC(C)(C)C2OC12.CC1(C)OC2OC(C3CO3)C(OC(=O)C(C)(F)F)C2O1.O=C(C[S+]1CCCC1)c1ccccc1.O=C(C[S+]1CCCC1)c1ccccc1.O=C(C[S+]1CCCC1)c1ccccc1. The first-order valence-corrected chi connectivity index (χ1v) is 37.6. The van der Waals surface area contributed by atoms with E-state index in [-0.39, 0.29) is 40.8 Å². The highest BCUT2D eigenvalue weighted by molar-refractivity contribution is 7.98. The van der Waals surface area contributed by atoms with Gasteiger partial charge >= 0.3 is 35.7 Å². The number of carbonyl (C=O) groups excluding carboxylic acids is 6. The van der Waals surface area contributed by atoms with Gasteiger partial charge in [0.25, 0.3) is 0 Å². The number of carbonyl (C=O) groups is 6. The molecule has 24 heteroatoms. The summed E-state index contributed by atoms with van der Waals surface area (Å²) in [5, 5.41) is 0. The highest BCUT2D eigenvalue weighted by Crippen LogP contribution is 2.59. The molecule has 0 radical (unpaired) electrons. The van der Waals surface area contributed by atoms with Crippen molar-refractivity contribution in [2.24, 2.45) is 10.8 Å². The summed E-state index contributed by atoms with van der Waals surface area (Å²) in [6.45, 7) is 15.2. The molecule has 0 N–H and O–H groups in total. The Balaban J connectivity index is 0.000000145. The average Bonchev–Trinajstić information content (AvgIpc) is 1.55. The number of fused-ring (bicyclic) bond motifs is 3. The molecule has 10 fully saturated rings. The highest BCUT2D eigenvalue weighted by atomic mass is 32.2. The van der Waals surface area contributed by atoms with E-state index in [1.807, 2.05) is 112 Å². The van der Waals surface area contributed by atoms with E-state index >= 15 is 0 Å². The molecule has 0 aromatic heterocycles. The van der Waals surface area contributed by atoms with Gasteiger partial charge in [-0.25, -0.2) is 14.4 Å². The Morgan fingerprint density at radius 3 is 1.26 bits per heavy atom.